The molecule has 2 aromatic rings. The minimum Gasteiger partial charge on any atom is -0.465 e. The smallest absolute Gasteiger partial charge is 0.340 e. The molecule has 0 N–H and O–H groups in total. The highest BCUT2D eigenvalue weighted by molar-refractivity contribution is 6.32. The summed E-state index contributed by atoms with van der Waals surface area (Å²) in [6, 6.07) is 3.78. The van der Waals surface area contributed by atoms with Crippen molar-refractivity contribution in [2.45, 2.75) is 0 Å². The van der Waals surface area contributed by atoms with E-state index in [1.807, 2.05) is 0 Å². The van der Waals surface area contributed by atoms with Gasteiger partial charge in [0.15, 0.2) is 6.29 Å². The first-order valence-electron chi connectivity index (χ1n) is 4.90. The summed E-state index contributed by atoms with van der Waals surface area (Å²) in [5.41, 5.74) is 0.216. The van der Waals surface area contributed by atoms with Crippen LogP contribution < -0.4 is 0 Å². The molecule has 0 unspecified atom stereocenters. The number of nitrogens with zero attached hydrogens (tertiary/aromatic N) is 1. The third-order valence-corrected chi connectivity index (χ3v) is 2.72. The molecule has 1 aromatic carbocycles. The molecule has 0 radical (unpaired) electrons. The summed E-state index contributed by atoms with van der Waals surface area (Å²) in [6.07, 6.45) is 0.538. The number of aromatic nitrogens is 1. The molecule has 0 spiro atoms. The van der Waals surface area contributed by atoms with Crippen molar-refractivity contribution >= 4 is 34.8 Å². The molecule has 1 heterocycles. The number of fused-ring (bicyclic) bond motifs is 1. The van der Waals surface area contributed by atoms with Crippen LogP contribution >= 0.6 is 11.6 Å². The van der Waals surface area contributed by atoms with Gasteiger partial charge in [0.2, 0.25) is 0 Å². The number of hydrogen-bond acceptors (Lipinski definition) is 4. The third-order valence-electron chi connectivity index (χ3n) is 2.42. The minimum absolute atomic E-state index is 0.0114. The maximum absolute atomic E-state index is 13.6. The standard InChI is InChI=1S/C12H7ClFNO3/c1-18-12(17)8-3-6-2-7(5-16)11(13)15-10(6)4-9(8)14/h2-5H,1H3. The molecule has 0 saturated heterocycles. The fourth-order valence-corrected chi connectivity index (χ4v) is 1.73. The van der Waals surface area contributed by atoms with E-state index in [0.717, 1.165) is 13.2 Å². The van der Waals surface area contributed by atoms with Crippen molar-refractivity contribution in [2.24, 2.45) is 0 Å². The molecule has 0 aliphatic rings. The lowest BCUT2D eigenvalue weighted by molar-refractivity contribution is 0.0595. The number of benzene rings is 1. The fraction of sp³-hybridized carbons (Fsp3) is 0.0833. The second-order valence-corrected chi connectivity index (χ2v) is 3.86. The highest BCUT2D eigenvalue weighted by Crippen LogP contribution is 2.23. The molecule has 18 heavy (non-hydrogen) atoms. The highest BCUT2D eigenvalue weighted by atomic mass is 35.5. The highest BCUT2D eigenvalue weighted by Gasteiger charge is 2.15. The van der Waals surface area contributed by atoms with Crippen molar-refractivity contribution in [1.82, 2.24) is 4.98 Å². The zero-order chi connectivity index (χ0) is 13.3. The van der Waals surface area contributed by atoms with E-state index in [1.54, 1.807) is 0 Å². The Bertz CT molecular complexity index is 657. The van der Waals surface area contributed by atoms with E-state index in [1.165, 1.54) is 12.1 Å². The Balaban J connectivity index is 2.73. The topological polar surface area (TPSA) is 56.3 Å². The number of hydrogen-bond donors (Lipinski definition) is 0. The Morgan fingerprint density at radius 1 is 1.44 bits per heavy atom. The Labute approximate surface area is 106 Å². The number of ether oxygens (including phenoxy) is 1. The SMILES string of the molecule is COC(=O)c1cc2cc(C=O)c(Cl)nc2cc1F. The van der Waals surface area contributed by atoms with Gasteiger partial charge in [0.05, 0.1) is 23.8 Å². The van der Waals surface area contributed by atoms with Crippen LogP contribution in [0.4, 0.5) is 4.39 Å². The average Bonchev–Trinajstić information content (AvgIpc) is 2.36. The molecule has 0 aliphatic carbocycles. The maximum atomic E-state index is 13.6. The van der Waals surface area contributed by atoms with Crippen molar-refractivity contribution in [3.05, 3.63) is 40.3 Å². The molecule has 0 atom stereocenters. The van der Waals surface area contributed by atoms with Crippen LogP contribution in [0.3, 0.4) is 0 Å². The number of carbonyl (C=O) groups excluding carboxylic acids is 2. The summed E-state index contributed by atoms with van der Waals surface area (Å²) in [5, 5.41) is 0.422. The van der Waals surface area contributed by atoms with Gasteiger partial charge in [0, 0.05) is 11.5 Å². The lowest BCUT2D eigenvalue weighted by atomic mass is 10.1. The van der Waals surface area contributed by atoms with Gasteiger partial charge in [-0.1, -0.05) is 11.6 Å². The number of halogens is 2. The molecular weight excluding hydrogens is 261 g/mol. The van der Waals surface area contributed by atoms with Crippen LogP contribution in [0.1, 0.15) is 20.7 Å². The van der Waals surface area contributed by atoms with E-state index in [2.05, 4.69) is 9.72 Å². The lowest BCUT2D eigenvalue weighted by Crippen LogP contribution is -2.04. The van der Waals surface area contributed by atoms with E-state index in [-0.39, 0.29) is 21.8 Å². The molecule has 0 fully saturated rings. The summed E-state index contributed by atoms with van der Waals surface area (Å²) in [7, 11) is 1.16. The number of esters is 1. The van der Waals surface area contributed by atoms with Gasteiger partial charge >= 0.3 is 5.97 Å². The molecule has 0 bridgehead atoms. The molecule has 6 heteroatoms. The average molecular weight is 268 g/mol. The van der Waals surface area contributed by atoms with Crippen molar-refractivity contribution in [3.8, 4) is 0 Å². The van der Waals surface area contributed by atoms with Crippen LogP contribution in [0.2, 0.25) is 5.15 Å². The Morgan fingerprint density at radius 3 is 2.78 bits per heavy atom. The van der Waals surface area contributed by atoms with Crippen LogP contribution in [0, 0.1) is 5.82 Å². The van der Waals surface area contributed by atoms with Gasteiger partial charge in [0.1, 0.15) is 11.0 Å². The predicted octanol–water partition coefficient (Wildman–Crippen LogP) is 2.63. The van der Waals surface area contributed by atoms with Crippen molar-refractivity contribution < 1.29 is 18.7 Å². The maximum Gasteiger partial charge on any atom is 0.340 e. The van der Waals surface area contributed by atoms with Crippen molar-refractivity contribution in [1.29, 1.82) is 0 Å². The van der Waals surface area contributed by atoms with E-state index < -0.39 is 11.8 Å². The number of aldehydes is 1. The van der Waals surface area contributed by atoms with Crippen molar-refractivity contribution in [2.75, 3.05) is 7.11 Å². The second kappa shape index (κ2) is 4.70. The van der Waals surface area contributed by atoms with Crippen LogP contribution in [-0.2, 0) is 4.74 Å². The van der Waals surface area contributed by atoms with Gasteiger partial charge < -0.3 is 4.74 Å². The monoisotopic (exact) mass is 267 g/mol. The molecule has 4 nitrogen and oxygen atoms in total. The summed E-state index contributed by atoms with van der Waals surface area (Å²) >= 11 is 5.73. The number of methoxy groups -OCH3 is 1. The fourth-order valence-electron chi connectivity index (χ4n) is 1.54. The summed E-state index contributed by atoms with van der Waals surface area (Å²) in [6.45, 7) is 0. The van der Waals surface area contributed by atoms with Crippen LogP contribution in [0.5, 0.6) is 0 Å². The number of carbonyl (C=O) groups is 2. The third kappa shape index (κ3) is 2.04. The first kappa shape index (κ1) is 12.4. The van der Waals surface area contributed by atoms with Gasteiger partial charge in [-0.05, 0) is 12.1 Å². The first-order chi connectivity index (χ1) is 8.56. The molecule has 0 saturated carbocycles. The van der Waals surface area contributed by atoms with Gasteiger partial charge in [-0.2, -0.15) is 0 Å². The van der Waals surface area contributed by atoms with Gasteiger partial charge in [0.25, 0.3) is 0 Å². The predicted molar refractivity (Wildman–Crippen MR) is 63.4 cm³/mol. The number of pyridine rings is 1. The van der Waals surface area contributed by atoms with E-state index in [9.17, 15) is 14.0 Å². The zero-order valence-corrected chi connectivity index (χ0v) is 9.99. The quantitative estimate of drug-likeness (QED) is 0.477. The van der Waals surface area contributed by atoms with Gasteiger partial charge in [-0.3, -0.25) is 4.79 Å². The first-order valence-corrected chi connectivity index (χ1v) is 5.28. The number of rotatable bonds is 2. The molecular formula is C12H7ClFNO3. The van der Waals surface area contributed by atoms with Gasteiger partial charge in [-0.15, -0.1) is 0 Å². The summed E-state index contributed by atoms with van der Waals surface area (Å²) in [5.74, 6) is -1.55. The minimum atomic E-state index is -0.794. The van der Waals surface area contributed by atoms with Crippen LogP contribution in [0.15, 0.2) is 18.2 Å². The molecule has 0 amide bonds. The van der Waals surface area contributed by atoms with E-state index in [0.29, 0.717) is 11.7 Å². The normalized spacial score (nSPS) is 10.4. The lowest BCUT2D eigenvalue weighted by Gasteiger charge is -2.05. The molecule has 1 aromatic heterocycles. The van der Waals surface area contributed by atoms with E-state index >= 15 is 0 Å². The van der Waals surface area contributed by atoms with Crippen LogP contribution in [0.25, 0.3) is 10.9 Å². The second-order valence-electron chi connectivity index (χ2n) is 3.50. The summed E-state index contributed by atoms with van der Waals surface area (Å²) < 4.78 is 18.1. The molecule has 0 aliphatic heterocycles. The molecule has 92 valence electrons. The zero-order valence-electron chi connectivity index (χ0n) is 9.24. The van der Waals surface area contributed by atoms with E-state index in [4.69, 9.17) is 11.6 Å². The Morgan fingerprint density at radius 2 is 2.17 bits per heavy atom. The van der Waals surface area contributed by atoms with Crippen LogP contribution in [-0.4, -0.2) is 24.3 Å². The summed E-state index contributed by atoms with van der Waals surface area (Å²) in [4.78, 5) is 25.9. The van der Waals surface area contributed by atoms with Gasteiger partial charge in [-0.25, -0.2) is 14.2 Å². The molecule has 2 rings (SSSR count). The van der Waals surface area contributed by atoms with Crippen molar-refractivity contribution in [3.63, 3.8) is 0 Å². The largest absolute Gasteiger partial charge is 0.465 e. The Kier molecular flexibility index (Phi) is 3.25. The Hall–Kier alpha value is -2.01.